The molecule has 0 spiro atoms. The van der Waals surface area contributed by atoms with E-state index in [1.54, 1.807) is 0 Å². The predicted octanol–water partition coefficient (Wildman–Crippen LogP) is 1.72. The van der Waals surface area contributed by atoms with Crippen LogP contribution in [0.2, 0.25) is 8.67 Å². The van der Waals surface area contributed by atoms with Crippen LogP contribution in [0.1, 0.15) is 0 Å². The number of hydrogen-bond acceptors (Lipinski definition) is 4. The Balaban J connectivity index is 2.77. The summed E-state index contributed by atoms with van der Waals surface area (Å²) in [5.41, 5.74) is 0.399. The van der Waals surface area contributed by atoms with E-state index >= 15 is 0 Å². The summed E-state index contributed by atoms with van der Waals surface area (Å²) >= 11 is 12.5. The van der Waals surface area contributed by atoms with E-state index in [1.165, 1.54) is 0 Å². The SMILES string of the molecule is O=S1(=O)NCNc2c(Cl)sc(Cl)c21. The predicted molar refractivity (Wildman–Crippen MR) is 53.2 cm³/mol. The maximum absolute atomic E-state index is 11.4. The minimum atomic E-state index is -3.47. The highest BCUT2D eigenvalue weighted by atomic mass is 35.5. The molecule has 0 aromatic carbocycles. The van der Waals surface area contributed by atoms with E-state index in [2.05, 4.69) is 10.0 Å². The maximum Gasteiger partial charge on any atom is 0.246 e. The van der Waals surface area contributed by atoms with Crippen LogP contribution in [0.3, 0.4) is 0 Å². The number of thiophene rings is 1. The number of halogens is 2. The second kappa shape index (κ2) is 2.99. The number of anilines is 1. The summed E-state index contributed by atoms with van der Waals surface area (Å²) in [5.74, 6) is 0. The highest BCUT2D eigenvalue weighted by Crippen LogP contribution is 2.44. The summed E-state index contributed by atoms with van der Waals surface area (Å²) in [6, 6.07) is 0. The van der Waals surface area contributed by atoms with Crippen LogP contribution in [0.4, 0.5) is 5.69 Å². The molecule has 0 unspecified atom stereocenters. The number of rotatable bonds is 0. The van der Waals surface area contributed by atoms with Crippen LogP contribution in [-0.4, -0.2) is 15.1 Å². The lowest BCUT2D eigenvalue weighted by atomic mass is 10.5. The molecule has 13 heavy (non-hydrogen) atoms. The topological polar surface area (TPSA) is 58.2 Å². The zero-order chi connectivity index (χ0) is 9.64. The fourth-order valence-electron chi connectivity index (χ4n) is 1.05. The van der Waals surface area contributed by atoms with Crippen molar-refractivity contribution < 1.29 is 8.42 Å². The first-order valence-electron chi connectivity index (χ1n) is 3.23. The van der Waals surface area contributed by atoms with Crippen LogP contribution in [-0.2, 0) is 10.0 Å². The minimum absolute atomic E-state index is 0.0513. The van der Waals surface area contributed by atoms with Gasteiger partial charge in [-0.2, -0.15) is 4.72 Å². The van der Waals surface area contributed by atoms with E-state index < -0.39 is 10.0 Å². The van der Waals surface area contributed by atoms with Gasteiger partial charge in [-0.1, -0.05) is 23.2 Å². The van der Waals surface area contributed by atoms with Crippen LogP contribution in [0.5, 0.6) is 0 Å². The lowest BCUT2D eigenvalue weighted by Gasteiger charge is -2.16. The molecule has 0 bridgehead atoms. The van der Waals surface area contributed by atoms with Gasteiger partial charge in [0.25, 0.3) is 0 Å². The fourth-order valence-corrected chi connectivity index (χ4v) is 4.45. The van der Waals surface area contributed by atoms with E-state index in [-0.39, 0.29) is 15.9 Å². The summed E-state index contributed by atoms with van der Waals surface area (Å²) < 4.78 is 25.7. The quantitative estimate of drug-likeness (QED) is 0.745. The molecule has 2 rings (SSSR count). The molecule has 8 heteroatoms. The Kier molecular flexibility index (Phi) is 2.20. The first kappa shape index (κ1) is 9.54. The molecule has 0 saturated heterocycles. The second-order valence-corrected chi connectivity index (χ2v) is 6.28. The van der Waals surface area contributed by atoms with E-state index in [9.17, 15) is 8.42 Å². The Labute approximate surface area is 88.9 Å². The molecule has 0 radical (unpaired) electrons. The molecule has 2 heterocycles. The summed E-state index contributed by atoms with van der Waals surface area (Å²) in [6.07, 6.45) is 0. The molecule has 1 aliphatic rings. The molecule has 0 aliphatic carbocycles. The van der Waals surface area contributed by atoms with Crippen LogP contribution >= 0.6 is 34.5 Å². The third-order valence-electron chi connectivity index (χ3n) is 1.58. The highest BCUT2D eigenvalue weighted by molar-refractivity contribution is 7.90. The van der Waals surface area contributed by atoms with Crippen molar-refractivity contribution in [2.75, 3.05) is 12.0 Å². The molecule has 1 aliphatic heterocycles. The maximum atomic E-state index is 11.4. The van der Waals surface area contributed by atoms with Gasteiger partial charge in [0.15, 0.2) is 0 Å². The summed E-state index contributed by atoms with van der Waals surface area (Å²) in [4.78, 5) is 0.0513. The number of hydrogen-bond donors (Lipinski definition) is 2. The zero-order valence-corrected chi connectivity index (χ0v) is 9.24. The molecule has 2 N–H and O–H groups in total. The standard InChI is InChI=1S/C5H4Cl2N2O2S2/c6-4-2-3(5(7)12-4)13(10,11)9-1-8-2/h8-9H,1H2. The average molecular weight is 259 g/mol. The Hall–Kier alpha value is -0.0100. The van der Waals surface area contributed by atoms with E-state index in [0.29, 0.717) is 10.0 Å². The largest absolute Gasteiger partial charge is 0.368 e. The van der Waals surface area contributed by atoms with Gasteiger partial charge in [-0.15, -0.1) is 11.3 Å². The van der Waals surface area contributed by atoms with Crippen molar-refractivity contribution in [1.82, 2.24) is 4.72 Å². The van der Waals surface area contributed by atoms with E-state index in [0.717, 1.165) is 11.3 Å². The van der Waals surface area contributed by atoms with E-state index in [1.807, 2.05) is 0 Å². The van der Waals surface area contributed by atoms with Crippen LogP contribution in [0.25, 0.3) is 0 Å². The first-order valence-corrected chi connectivity index (χ1v) is 6.29. The van der Waals surface area contributed by atoms with Crippen LogP contribution in [0.15, 0.2) is 4.90 Å². The molecular weight excluding hydrogens is 255 g/mol. The third-order valence-corrected chi connectivity index (χ3v) is 4.90. The van der Waals surface area contributed by atoms with Crippen molar-refractivity contribution in [1.29, 1.82) is 0 Å². The molecule has 0 saturated carbocycles. The highest BCUT2D eigenvalue weighted by Gasteiger charge is 2.30. The number of sulfonamides is 1. The Morgan fingerprint density at radius 2 is 2.00 bits per heavy atom. The molecule has 0 fully saturated rings. The number of fused-ring (bicyclic) bond motifs is 1. The van der Waals surface area contributed by atoms with Crippen molar-refractivity contribution in [3.63, 3.8) is 0 Å². The van der Waals surface area contributed by atoms with Crippen molar-refractivity contribution in [2.24, 2.45) is 0 Å². The van der Waals surface area contributed by atoms with Crippen molar-refractivity contribution >= 4 is 50.2 Å². The molecule has 4 nitrogen and oxygen atoms in total. The van der Waals surface area contributed by atoms with Crippen molar-refractivity contribution in [3.8, 4) is 0 Å². The van der Waals surface area contributed by atoms with Gasteiger partial charge in [0.05, 0.1) is 12.4 Å². The average Bonchev–Trinajstić information content (AvgIpc) is 2.27. The lowest BCUT2D eigenvalue weighted by Crippen LogP contribution is -2.34. The second-order valence-electron chi connectivity index (χ2n) is 2.35. The fraction of sp³-hybridized carbons (Fsp3) is 0.200. The number of nitrogens with one attached hydrogen (secondary N) is 2. The van der Waals surface area contributed by atoms with Gasteiger partial charge in [0.1, 0.15) is 13.6 Å². The van der Waals surface area contributed by atoms with Gasteiger partial charge in [-0.3, -0.25) is 0 Å². The van der Waals surface area contributed by atoms with Gasteiger partial charge >= 0.3 is 0 Å². The summed E-state index contributed by atoms with van der Waals surface area (Å²) in [6.45, 7) is 0.141. The smallest absolute Gasteiger partial charge is 0.246 e. The summed E-state index contributed by atoms with van der Waals surface area (Å²) in [5, 5.41) is 2.81. The van der Waals surface area contributed by atoms with E-state index in [4.69, 9.17) is 23.2 Å². The molecule has 1 aromatic heterocycles. The minimum Gasteiger partial charge on any atom is -0.368 e. The lowest BCUT2D eigenvalue weighted by molar-refractivity contribution is 0.582. The third kappa shape index (κ3) is 1.42. The van der Waals surface area contributed by atoms with Gasteiger partial charge in [0.2, 0.25) is 10.0 Å². The van der Waals surface area contributed by atoms with Crippen LogP contribution in [0, 0.1) is 0 Å². The molecule has 72 valence electrons. The molecule has 0 atom stereocenters. The zero-order valence-electron chi connectivity index (χ0n) is 6.10. The molecule has 1 aromatic rings. The molecular formula is C5H4Cl2N2O2S2. The van der Waals surface area contributed by atoms with Gasteiger partial charge < -0.3 is 5.32 Å². The molecule has 0 amide bonds. The van der Waals surface area contributed by atoms with Crippen molar-refractivity contribution in [2.45, 2.75) is 4.90 Å². The van der Waals surface area contributed by atoms with Gasteiger partial charge in [-0.05, 0) is 0 Å². The van der Waals surface area contributed by atoms with Gasteiger partial charge in [0, 0.05) is 0 Å². The summed E-state index contributed by atoms with van der Waals surface area (Å²) in [7, 11) is -3.47. The normalized spacial score (nSPS) is 19.2. The Morgan fingerprint density at radius 1 is 1.31 bits per heavy atom. The van der Waals surface area contributed by atoms with Gasteiger partial charge in [-0.25, -0.2) is 8.42 Å². The van der Waals surface area contributed by atoms with Crippen LogP contribution < -0.4 is 10.0 Å². The Bertz CT molecular complexity index is 453. The monoisotopic (exact) mass is 258 g/mol. The first-order chi connectivity index (χ1) is 6.02. The van der Waals surface area contributed by atoms with Crippen molar-refractivity contribution in [3.05, 3.63) is 8.67 Å². The Morgan fingerprint density at radius 3 is 2.62 bits per heavy atom.